The van der Waals surface area contributed by atoms with E-state index in [4.69, 9.17) is 13.9 Å². The van der Waals surface area contributed by atoms with Crippen LogP contribution in [0, 0.1) is 0 Å². The molecule has 4 nitrogen and oxygen atoms in total. The van der Waals surface area contributed by atoms with E-state index >= 15 is 0 Å². The van der Waals surface area contributed by atoms with Crippen LogP contribution in [0.4, 0.5) is 0 Å². The van der Waals surface area contributed by atoms with Crippen LogP contribution in [0.15, 0.2) is 57.7 Å². The monoisotopic (exact) mass is 338 g/mol. The second-order valence-corrected chi connectivity index (χ2v) is 6.36. The number of benzene rings is 2. The first kappa shape index (κ1) is 14.8. The first-order chi connectivity index (χ1) is 11.7. The molecule has 24 heavy (non-hydrogen) atoms. The Kier molecular flexibility index (Phi) is 3.50. The van der Waals surface area contributed by atoms with Crippen molar-refractivity contribution in [2.24, 2.45) is 0 Å². The minimum Gasteiger partial charge on any atom is -0.493 e. The van der Waals surface area contributed by atoms with Crippen LogP contribution in [0.3, 0.4) is 0 Å². The minimum absolute atomic E-state index is 0.365. The summed E-state index contributed by atoms with van der Waals surface area (Å²) in [7, 11) is 3.17. The molecule has 0 amide bonds. The smallest absolute Gasteiger partial charge is 0.336 e. The lowest BCUT2D eigenvalue weighted by Crippen LogP contribution is -1.97. The second kappa shape index (κ2) is 5.69. The normalized spacial score (nSPS) is 11.1. The van der Waals surface area contributed by atoms with E-state index in [1.807, 2.05) is 36.4 Å². The van der Waals surface area contributed by atoms with Gasteiger partial charge in [0.1, 0.15) is 0 Å². The SMILES string of the molecule is COc1ccc(-c2oc(=O)cc3c2sc2ccccc23)cc1OC. The van der Waals surface area contributed by atoms with Crippen LogP contribution in [-0.4, -0.2) is 14.2 Å². The zero-order valence-corrected chi connectivity index (χ0v) is 14.0. The maximum Gasteiger partial charge on any atom is 0.336 e. The molecule has 2 aromatic carbocycles. The lowest BCUT2D eigenvalue weighted by Gasteiger charge is -2.09. The van der Waals surface area contributed by atoms with Crippen molar-refractivity contribution in [1.82, 2.24) is 0 Å². The summed E-state index contributed by atoms with van der Waals surface area (Å²) >= 11 is 1.61. The van der Waals surface area contributed by atoms with E-state index in [1.54, 1.807) is 37.7 Å². The van der Waals surface area contributed by atoms with Gasteiger partial charge in [-0.1, -0.05) is 18.2 Å². The van der Waals surface area contributed by atoms with Gasteiger partial charge in [-0.05, 0) is 24.3 Å². The molecule has 0 saturated carbocycles. The van der Waals surface area contributed by atoms with Crippen LogP contribution in [0.2, 0.25) is 0 Å². The summed E-state index contributed by atoms with van der Waals surface area (Å²) in [5.74, 6) is 1.78. The van der Waals surface area contributed by atoms with Gasteiger partial charge in [0, 0.05) is 27.1 Å². The molecule has 0 unspecified atom stereocenters. The Morgan fingerprint density at radius 3 is 2.50 bits per heavy atom. The highest BCUT2D eigenvalue weighted by Crippen LogP contribution is 2.40. The van der Waals surface area contributed by atoms with E-state index in [2.05, 4.69) is 0 Å². The third-order valence-corrected chi connectivity index (χ3v) is 5.14. The quantitative estimate of drug-likeness (QED) is 0.544. The molecule has 5 heteroatoms. The van der Waals surface area contributed by atoms with Gasteiger partial charge in [0.15, 0.2) is 17.3 Å². The lowest BCUT2D eigenvalue weighted by molar-refractivity contribution is 0.355. The van der Waals surface area contributed by atoms with Gasteiger partial charge in [-0.25, -0.2) is 4.79 Å². The summed E-state index contributed by atoms with van der Waals surface area (Å²) in [5.41, 5.74) is 0.415. The average molecular weight is 338 g/mol. The highest BCUT2D eigenvalue weighted by Gasteiger charge is 2.16. The van der Waals surface area contributed by atoms with E-state index in [0.29, 0.717) is 17.3 Å². The fourth-order valence-electron chi connectivity index (χ4n) is 2.84. The Labute approximate surface area is 141 Å². The number of rotatable bonds is 3. The van der Waals surface area contributed by atoms with Gasteiger partial charge in [-0.2, -0.15) is 0 Å². The van der Waals surface area contributed by atoms with Gasteiger partial charge in [0.05, 0.1) is 18.9 Å². The standard InChI is InChI=1S/C19H14O4S/c1-21-14-8-7-11(9-15(14)22-2)18-19-13(10-17(20)23-18)12-5-3-4-6-16(12)24-19/h3-10H,1-2H3. The molecule has 2 aromatic heterocycles. The van der Waals surface area contributed by atoms with Gasteiger partial charge in [-0.15, -0.1) is 11.3 Å². The van der Waals surface area contributed by atoms with Crippen molar-refractivity contribution in [3.05, 3.63) is 59.0 Å². The number of hydrogen-bond acceptors (Lipinski definition) is 5. The average Bonchev–Trinajstić information content (AvgIpc) is 2.99. The van der Waals surface area contributed by atoms with Crippen molar-refractivity contribution in [2.45, 2.75) is 0 Å². The number of thiophene rings is 1. The van der Waals surface area contributed by atoms with Crippen LogP contribution in [-0.2, 0) is 0 Å². The lowest BCUT2D eigenvalue weighted by atomic mass is 10.1. The van der Waals surface area contributed by atoms with Crippen molar-refractivity contribution in [3.8, 4) is 22.8 Å². The van der Waals surface area contributed by atoms with Crippen LogP contribution in [0.25, 0.3) is 31.5 Å². The first-order valence-electron chi connectivity index (χ1n) is 7.39. The van der Waals surface area contributed by atoms with Crippen molar-refractivity contribution in [1.29, 1.82) is 0 Å². The number of fused-ring (bicyclic) bond motifs is 3. The summed E-state index contributed by atoms with van der Waals surface area (Å²) in [6.45, 7) is 0. The third kappa shape index (κ3) is 2.25. The van der Waals surface area contributed by atoms with Crippen LogP contribution < -0.4 is 15.1 Å². The van der Waals surface area contributed by atoms with Crippen LogP contribution in [0.5, 0.6) is 11.5 Å². The fraction of sp³-hybridized carbons (Fsp3) is 0.105. The largest absolute Gasteiger partial charge is 0.493 e. The van der Waals surface area contributed by atoms with Gasteiger partial charge in [0.2, 0.25) is 0 Å². The van der Waals surface area contributed by atoms with E-state index in [9.17, 15) is 4.79 Å². The van der Waals surface area contributed by atoms with Gasteiger partial charge in [-0.3, -0.25) is 0 Å². The predicted octanol–water partition coefficient (Wildman–Crippen LogP) is 4.69. The second-order valence-electron chi connectivity index (χ2n) is 5.31. The summed E-state index contributed by atoms with van der Waals surface area (Å²) in [5, 5.41) is 1.98. The molecule has 0 aliphatic carbocycles. The Hall–Kier alpha value is -2.79. The zero-order valence-electron chi connectivity index (χ0n) is 13.2. The van der Waals surface area contributed by atoms with E-state index in [1.165, 1.54) is 0 Å². The summed E-state index contributed by atoms with van der Waals surface area (Å²) in [6.07, 6.45) is 0. The number of hydrogen-bond donors (Lipinski definition) is 0. The molecule has 0 saturated heterocycles. The van der Waals surface area contributed by atoms with E-state index in [0.717, 1.165) is 25.7 Å². The molecule has 0 aliphatic rings. The molecule has 0 bridgehead atoms. The van der Waals surface area contributed by atoms with Gasteiger partial charge < -0.3 is 13.9 Å². The number of methoxy groups -OCH3 is 2. The fourth-order valence-corrected chi connectivity index (χ4v) is 4.02. The molecule has 120 valence electrons. The molecule has 4 aromatic rings. The molecule has 0 aliphatic heterocycles. The van der Waals surface area contributed by atoms with Crippen molar-refractivity contribution in [2.75, 3.05) is 14.2 Å². The molecular formula is C19H14O4S. The maximum atomic E-state index is 12.1. The molecule has 4 rings (SSSR count). The van der Waals surface area contributed by atoms with Gasteiger partial charge >= 0.3 is 5.63 Å². The van der Waals surface area contributed by atoms with E-state index < -0.39 is 0 Å². The molecule has 0 radical (unpaired) electrons. The molecular weight excluding hydrogens is 324 g/mol. The molecule has 0 fully saturated rings. The molecule has 0 N–H and O–H groups in total. The third-order valence-electron chi connectivity index (χ3n) is 3.95. The maximum absolute atomic E-state index is 12.1. The zero-order chi connectivity index (χ0) is 16.7. The van der Waals surface area contributed by atoms with Gasteiger partial charge in [0.25, 0.3) is 0 Å². The first-order valence-corrected chi connectivity index (χ1v) is 8.20. The highest BCUT2D eigenvalue weighted by atomic mass is 32.1. The molecule has 0 atom stereocenters. The molecule has 0 spiro atoms. The highest BCUT2D eigenvalue weighted by molar-refractivity contribution is 7.26. The predicted molar refractivity (Wildman–Crippen MR) is 96.4 cm³/mol. The Morgan fingerprint density at radius 2 is 1.71 bits per heavy atom. The summed E-state index contributed by atoms with van der Waals surface area (Å²) < 4.78 is 18.2. The number of ether oxygens (including phenoxy) is 2. The van der Waals surface area contributed by atoms with Crippen LogP contribution >= 0.6 is 11.3 Å². The van der Waals surface area contributed by atoms with Crippen molar-refractivity contribution in [3.63, 3.8) is 0 Å². The van der Waals surface area contributed by atoms with Crippen molar-refractivity contribution < 1.29 is 13.9 Å². The van der Waals surface area contributed by atoms with Crippen molar-refractivity contribution >= 4 is 31.5 Å². The minimum atomic E-state index is -0.365. The Bertz CT molecular complexity index is 1110. The molecule has 2 heterocycles. The Morgan fingerprint density at radius 1 is 0.917 bits per heavy atom. The Balaban J connectivity index is 2.05. The van der Waals surface area contributed by atoms with Crippen LogP contribution in [0.1, 0.15) is 0 Å². The topological polar surface area (TPSA) is 48.7 Å². The summed E-state index contributed by atoms with van der Waals surface area (Å²) in [4.78, 5) is 12.1. The van der Waals surface area contributed by atoms with E-state index in [-0.39, 0.29) is 5.63 Å². The summed E-state index contributed by atoms with van der Waals surface area (Å²) in [6, 6.07) is 15.1.